The van der Waals surface area contributed by atoms with Crippen molar-refractivity contribution in [3.8, 4) is 0 Å². The van der Waals surface area contributed by atoms with Gasteiger partial charge in [0, 0.05) is 0 Å². The van der Waals surface area contributed by atoms with Crippen molar-refractivity contribution in [3.63, 3.8) is 0 Å². The molecule has 4 bridgehead atoms. The molecule has 0 unspecified atom stereocenters. The molecule has 0 amide bonds. The maximum absolute atomic E-state index is 12.5. The van der Waals surface area contributed by atoms with Crippen molar-refractivity contribution in [2.75, 3.05) is 13.2 Å². The molecule has 0 saturated heterocycles. The van der Waals surface area contributed by atoms with Crippen molar-refractivity contribution in [2.45, 2.75) is 50.2 Å². The Labute approximate surface area is 139 Å². The maximum Gasteiger partial charge on any atom is 0.388 e. The molecule has 4 fully saturated rings. The van der Waals surface area contributed by atoms with Gasteiger partial charge >= 0.3 is 17.2 Å². The quantitative estimate of drug-likeness (QED) is 0.455. The van der Waals surface area contributed by atoms with E-state index in [2.05, 4.69) is 17.4 Å². The van der Waals surface area contributed by atoms with Crippen LogP contribution in [0.1, 0.15) is 44.9 Å². The van der Waals surface area contributed by atoms with E-state index in [1.165, 1.54) is 19.3 Å². The third kappa shape index (κ3) is 3.98. The van der Waals surface area contributed by atoms with Crippen LogP contribution in [0, 0.1) is 23.2 Å². The topological polar surface area (TPSA) is 52.6 Å². The van der Waals surface area contributed by atoms with E-state index >= 15 is 0 Å². The van der Waals surface area contributed by atoms with Gasteiger partial charge in [-0.3, -0.25) is 4.79 Å². The van der Waals surface area contributed by atoms with E-state index in [9.17, 15) is 18.4 Å². The Kier molecular flexibility index (Phi) is 4.60. The summed E-state index contributed by atoms with van der Waals surface area (Å²) in [5.74, 6) is 0.228. The minimum absolute atomic E-state index is 0.0840. The van der Waals surface area contributed by atoms with Crippen molar-refractivity contribution in [2.24, 2.45) is 23.2 Å². The number of hydrogen-bond acceptors (Lipinski definition) is 5. The van der Waals surface area contributed by atoms with Crippen molar-refractivity contribution >= 4 is 24.6 Å². The molecular formula is C16H22F2O4S. The predicted molar refractivity (Wildman–Crippen MR) is 81.1 cm³/mol. The number of carbonyl (C=O) groups is 2. The molecule has 4 aliphatic rings. The van der Waals surface area contributed by atoms with E-state index in [4.69, 9.17) is 4.74 Å². The zero-order chi connectivity index (χ0) is 16.7. The predicted octanol–water partition coefficient (Wildman–Crippen LogP) is 3.20. The molecule has 0 atom stereocenters. The molecule has 7 heteroatoms. The minimum Gasteiger partial charge on any atom is -0.462 e. The number of ether oxygens (including phenoxy) is 2. The molecule has 0 heterocycles. The van der Waals surface area contributed by atoms with Gasteiger partial charge in [0.1, 0.15) is 13.2 Å². The van der Waals surface area contributed by atoms with Gasteiger partial charge in [0.2, 0.25) is 0 Å². The van der Waals surface area contributed by atoms with Gasteiger partial charge in [0.15, 0.2) is 0 Å². The van der Waals surface area contributed by atoms with Gasteiger partial charge in [-0.05, 0) is 61.7 Å². The fourth-order valence-electron chi connectivity index (χ4n) is 5.24. The molecular weight excluding hydrogens is 326 g/mol. The summed E-state index contributed by atoms with van der Waals surface area (Å²) in [5, 5.41) is -3.82. The van der Waals surface area contributed by atoms with Crippen LogP contribution in [0.5, 0.6) is 0 Å². The minimum atomic E-state index is -3.82. The third-order valence-corrected chi connectivity index (χ3v) is 5.69. The van der Waals surface area contributed by atoms with Gasteiger partial charge in [-0.1, -0.05) is 12.6 Å². The van der Waals surface area contributed by atoms with Gasteiger partial charge in [-0.15, -0.1) is 0 Å². The summed E-state index contributed by atoms with van der Waals surface area (Å²) >= 11 is 2.82. The average Bonchev–Trinajstić information content (AvgIpc) is 2.40. The highest BCUT2D eigenvalue weighted by atomic mass is 32.1. The zero-order valence-electron chi connectivity index (χ0n) is 12.9. The Morgan fingerprint density at radius 2 is 1.48 bits per heavy atom. The second-order valence-electron chi connectivity index (χ2n) is 7.49. The first kappa shape index (κ1) is 17.0. The lowest BCUT2D eigenvalue weighted by atomic mass is 9.49. The first-order chi connectivity index (χ1) is 10.8. The third-order valence-electron chi connectivity index (χ3n) is 5.51. The highest BCUT2D eigenvalue weighted by Crippen LogP contribution is 2.61. The molecule has 4 aliphatic carbocycles. The number of thiol groups is 1. The van der Waals surface area contributed by atoms with Crippen LogP contribution in [0.2, 0.25) is 0 Å². The number of halogens is 2. The first-order valence-electron chi connectivity index (χ1n) is 8.19. The van der Waals surface area contributed by atoms with Crippen molar-refractivity contribution in [1.82, 2.24) is 0 Å². The van der Waals surface area contributed by atoms with Crippen LogP contribution in [-0.4, -0.2) is 30.4 Å². The molecule has 0 aromatic rings. The lowest BCUT2D eigenvalue weighted by molar-refractivity contribution is -0.165. The van der Waals surface area contributed by atoms with E-state index in [1.807, 2.05) is 0 Å². The summed E-state index contributed by atoms with van der Waals surface area (Å²) in [6.45, 7) is -0.567. The number of rotatable bonds is 6. The molecule has 4 nitrogen and oxygen atoms in total. The van der Waals surface area contributed by atoms with Crippen LogP contribution < -0.4 is 0 Å². The maximum atomic E-state index is 12.5. The number of alkyl halides is 2. The van der Waals surface area contributed by atoms with E-state index in [1.54, 1.807) is 0 Å². The largest absolute Gasteiger partial charge is 0.462 e. The van der Waals surface area contributed by atoms with E-state index < -0.39 is 11.2 Å². The van der Waals surface area contributed by atoms with Crippen LogP contribution in [-0.2, 0) is 19.1 Å². The monoisotopic (exact) mass is 348 g/mol. The summed E-state index contributed by atoms with van der Waals surface area (Å²) in [7, 11) is 0. The van der Waals surface area contributed by atoms with Crippen molar-refractivity contribution in [1.29, 1.82) is 0 Å². The van der Waals surface area contributed by atoms with Gasteiger partial charge in [0.25, 0.3) is 0 Å². The van der Waals surface area contributed by atoms with Crippen LogP contribution >= 0.6 is 12.6 Å². The summed E-state index contributed by atoms with van der Waals surface area (Å²) in [6.07, 6.45) is 7.64. The van der Waals surface area contributed by atoms with E-state index in [0.29, 0.717) is 6.42 Å². The Morgan fingerprint density at radius 3 is 1.96 bits per heavy atom. The summed E-state index contributed by atoms with van der Waals surface area (Å²) in [6, 6.07) is 0. The second-order valence-corrected chi connectivity index (χ2v) is 8.05. The lowest BCUT2D eigenvalue weighted by Gasteiger charge is -2.56. The average molecular weight is 348 g/mol. The Hall–Kier alpha value is -0.850. The number of esters is 2. The Balaban J connectivity index is 1.41. The molecule has 23 heavy (non-hydrogen) atoms. The molecule has 4 rings (SSSR count). The van der Waals surface area contributed by atoms with Crippen LogP contribution in [0.4, 0.5) is 8.78 Å². The fraction of sp³-hybridized carbons (Fsp3) is 0.875. The zero-order valence-corrected chi connectivity index (χ0v) is 13.8. The van der Waals surface area contributed by atoms with Gasteiger partial charge in [0.05, 0.1) is 6.42 Å². The smallest absolute Gasteiger partial charge is 0.388 e. The SMILES string of the molecule is O=C(CC12CC3CC(CC(C3)C1)C2)OCCOC(=O)C(F)(F)S. The van der Waals surface area contributed by atoms with Gasteiger partial charge < -0.3 is 9.47 Å². The summed E-state index contributed by atoms with van der Waals surface area (Å²) < 4.78 is 34.3. The lowest BCUT2D eigenvalue weighted by Crippen LogP contribution is -2.47. The Morgan fingerprint density at radius 1 is 1.00 bits per heavy atom. The summed E-state index contributed by atoms with van der Waals surface area (Å²) in [4.78, 5) is 22.9. The molecule has 0 spiro atoms. The fourth-order valence-corrected chi connectivity index (χ4v) is 5.30. The highest BCUT2D eigenvalue weighted by molar-refractivity contribution is 7.82. The normalized spacial score (nSPS) is 35.2. The number of carbonyl (C=O) groups excluding carboxylic acids is 2. The van der Waals surface area contributed by atoms with Crippen LogP contribution in [0.15, 0.2) is 0 Å². The Bertz CT molecular complexity index is 454. The molecule has 4 saturated carbocycles. The molecule has 0 aromatic heterocycles. The summed E-state index contributed by atoms with van der Waals surface area (Å²) in [5.41, 5.74) is 0.0840. The molecule has 0 aliphatic heterocycles. The van der Waals surface area contributed by atoms with Gasteiger partial charge in [-0.25, -0.2) is 4.79 Å². The standard InChI is InChI=1S/C16H22F2O4S/c17-16(18,23)14(20)22-2-1-21-13(19)9-15-6-10-3-11(7-15)5-12(4-10)8-15/h10-12,23H,1-9H2. The van der Waals surface area contributed by atoms with Gasteiger partial charge in [-0.2, -0.15) is 8.78 Å². The second kappa shape index (κ2) is 6.22. The first-order valence-corrected chi connectivity index (χ1v) is 8.63. The highest BCUT2D eigenvalue weighted by Gasteiger charge is 2.51. The van der Waals surface area contributed by atoms with E-state index in [0.717, 1.165) is 37.0 Å². The van der Waals surface area contributed by atoms with Crippen molar-refractivity contribution < 1.29 is 27.8 Å². The molecule has 0 N–H and O–H groups in total. The molecule has 0 radical (unpaired) electrons. The number of hydrogen-bond donors (Lipinski definition) is 1. The molecule has 0 aromatic carbocycles. The van der Waals surface area contributed by atoms with Crippen molar-refractivity contribution in [3.05, 3.63) is 0 Å². The van der Waals surface area contributed by atoms with E-state index in [-0.39, 0.29) is 24.6 Å². The molecule has 130 valence electrons. The van der Waals surface area contributed by atoms with Crippen LogP contribution in [0.3, 0.4) is 0 Å². The van der Waals surface area contributed by atoms with Crippen LogP contribution in [0.25, 0.3) is 0 Å².